The van der Waals surface area contributed by atoms with Crippen molar-refractivity contribution in [2.75, 3.05) is 6.54 Å². The van der Waals surface area contributed by atoms with Crippen molar-refractivity contribution in [1.82, 2.24) is 4.90 Å². The molecule has 1 aromatic carbocycles. The molecular weight excluding hydrogens is 212 g/mol. The third-order valence-corrected chi connectivity index (χ3v) is 3.03. The first-order valence-corrected chi connectivity index (χ1v) is 5.21. The first-order valence-electron chi connectivity index (χ1n) is 5.21. The molecule has 1 amide bonds. The predicted octanol–water partition coefficient (Wildman–Crippen LogP) is 2.78. The number of amides is 1. The fourth-order valence-corrected chi connectivity index (χ4v) is 2.21. The van der Waals surface area contributed by atoms with Gasteiger partial charge in [0, 0.05) is 5.56 Å². The monoisotopic (exact) mass is 225 g/mol. The van der Waals surface area contributed by atoms with Gasteiger partial charge in [-0.15, -0.1) is 0 Å². The van der Waals surface area contributed by atoms with E-state index in [4.69, 9.17) is 0 Å². The highest BCUT2D eigenvalue weighted by Crippen LogP contribution is 2.35. The number of fused-ring (bicyclic) bond motifs is 1. The summed E-state index contributed by atoms with van der Waals surface area (Å²) < 4.78 is 24.7. The third-order valence-electron chi connectivity index (χ3n) is 3.03. The second-order valence-electron chi connectivity index (χ2n) is 4.06. The fourth-order valence-electron chi connectivity index (χ4n) is 2.21. The zero-order chi connectivity index (χ0) is 11.9. The lowest BCUT2D eigenvalue weighted by Gasteiger charge is -2.21. The van der Waals surface area contributed by atoms with Gasteiger partial charge in [0.15, 0.2) is 0 Å². The summed E-state index contributed by atoms with van der Waals surface area (Å²) in [6, 6.07) is 5.26. The largest absolute Gasteiger partial charge is 0.326 e. The van der Waals surface area contributed by atoms with Crippen LogP contribution in [0.4, 0.5) is 8.78 Å². The number of halogens is 2. The van der Waals surface area contributed by atoms with Crippen molar-refractivity contribution >= 4 is 5.91 Å². The SMILES string of the molecule is Cc1cccc2c1C(=O)N(CC(F)F)C2C. The van der Waals surface area contributed by atoms with Crippen molar-refractivity contribution in [3.8, 4) is 0 Å². The van der Waals surface area contributed by atoms with Crippen molar-refractivity contribution in [2.24, 2.45) is 0 Å². The Morgan fingerprint density at radius 2 is 2.12 bits per heavy atom. The van der Waals surface area contributed by atoms with Crippen LogP contribution in [0.3, 0.4) is 0 Å². The summed E-state index contributed by atoms with van der Waals surface area (Å²) in [7, 11) is 0. The number of hydrogen-bond acceptors (Lipinski definition) is 1. The Hall–Kier alpha value is -1.45. The summed E-state index contributed by atoms with van der Waals surface area (Å²) in [5.41, 5.74) is 2.30. The minimum Gasteiger partial charge on any atom is -0.326 e. The lowest BCUT2D eigenvalue weighted by molar-refractivity contribution is 0.0507. The Labute approximate surface area is 92.9 Å². The van der Waals surface area contributed by atoms with Crippen LogP contribution in [0.25, 0.3) is 0 Å². The van der Waals surface area contributed by atoms with E-state index in [1.807, 2.05) is 25.1 Å². The van der Waals surface area contributed by atoms with E-state index in [2.05, 4.69) is 0 Å². The average molecular weight is 225 g/mol. The molecule has 1 heterocycles. The highest BCUT2D eigenvalue weighted by molar-refractivity contribution is 6.00. The van der Waals surface area contributed by atoms with Crippen molar-refractivity contribution in [1.29, 1.82) is 0 Å². The summed E-state index contributed by atoms with van der Waals surface area (Å²) in [5, 5.41) is 0. The maximum atomic E-state index is 12.4. The van der Waals surface area contributed by atoms with Crippen molar-refractivity contribution in [2.45, 2.75) is 26.3 Å². The summed E-state index contributed by atoms with van der Waals surface area (Å²) in [6.45, 7) is 3.12. The summed E-state index contributed by atoms with van der Waals surface area (Å²) in [5.74, 6) is -0.277. The van der Waals surface area contributed by atoms with Crippen LogP contribution in [0.1, 0.15) is 34.5 Å². The van der Waals surface area contributed by atoms with Crippen LogP contribution < -0.4 is 0 Å². The van der Waals surface area contributed by atoms with Crippen LogP contribution in [0, 0.1) is 6.92 Å². The van der Waals surface area contributed by atoms with Gasteiger partial charge in [-0.3, -0.25) is 4.79 Å². The smallest absolute Gasteiger partial charge is 0.255 e. The molecule has 16 heavy (non-hydrogen) atoms. The van der Waals surface area contributed by atoms with Gasteiger partial charge < -0.3 is 4.90 Å². The molecule has 0 aromatic heterocycles. The van der Waals surface area contributed by atoms with Gasteiger partial charge in [0.25, 0.3) is 12.3 Å². The second-order valence-corrected chi connectivity index (χ2v) is 4.06. The lowest BCUT2D eigenvalue weighted by atomic mass is 10.0. The van der Waals surface area contributed by atoms with Gasteiger partial charge in [0.05, 0.1) is 12.6 Å². The number of carbonyl (C=O) groups excluding carboxylic acids is 1. The number of carbonyl (C=O) groups is 1. The fraction of sp³-hybridized carbons (Fsp3) is 0.417. The Morgan fingerprint density at radius 1 is 1.44 bits per heavy atom. The number of rotatable bonds is 2. The minimum atomic E-state index is -2.49. The van der Waals surface area contributed by atoms with Crippen LogP contribution in [-0.2, 0) is 0 Å². The molecule has 86 valence electrons. The van der Waals surface area contributed by atoms with Crippen LogP contribution in [-0.4, -0.2) is 23.8 Å². The molecule has 1 aromatic rings. The number of alkyl halides is 2. The molecule has 0 radical (unpaired) electrons. The molecule has 0 aliphatic carbocycles. The average Bonchev–Trinajstić information content (AvgIpc) is 2.44. The molecule has 0 saturated heterocycles. The van der Waals surface area contributed by atoms with Gasteiger partial charge in [-0.2, -0.15) is 0 Å². The molecule has 1 atom stereocenters. The number of nitrogens with zero attached hydrogens (tertiary/aromatic N) is 1. The Bertz CT molecular complexity index is 431. The molecule has 0 N–H and O–H groups in total. The molecule has 0 fully saturated rings. The van der Waals surface area contributed by atoms with Gasteiger partial charge in [0.2, 0.25) is 0 Å². The summed E-state index contributed by atoms with van der Waals surface area (Å²) in [4.78, 5) is 13.2. The minimum absolute atomic E-state index is 0.253. The molecule has 0 bridgehead atoms. The van der Waals surface area contributed by atoms with Gasteiger partial charge in [-0.05, 0) is 25.0 Å². The molecular formula is C12H13F2NO. The topological polar surface area (TPSA) is 20.3 Å². The molecule has 2 rings (SSSR count). The van der Waals surface area contributed by atoms with Gasteiger partial charge in [-0.25, -0.2) is 8.78 Å². The van der Waals surface area contributed by atoms with Crippen molar-refractivity contribution in [3.05, 3.63) is 34.9 Å². The molecule has 1 aliphatic heterocycles. The van der Waals surface area contributed by atoms with E-state index < -0.39 is 13.0 Å². The van der Waals surface area contributed by atoms with Crippen LogP contribution in [0.5, 0.6) is 0 Å². The number of hydrogen-bond donors (Lipinski definition) is 0. The van der Waals surface area contributed by atoms with Crippen molar-refractivity contribution in [3.63, 3.8) is 0 Å². The zero-order valence-electron chi connectivity index (χ0n) is 9.21. The molecule has 4 heteroatoms. The molecule has 2 nitrogen and oxygen atoms in total. The van der Waals surface area contributed by atoms with E-state index in [0.717, 1.165) is 11.1 Å². The standard InChI is InChI=1S/C12H13F2NO/c1-7-4-3-5-9-8(2)15(6-10(13)14)12(16)11(7)9/h3-5,8,10H,6H2,1-2H3. The van der Waals surface area contributed by atoms with E-state index in [1.54, 1.807) is 6.92 Å². The quantitative estimate of drug-likeness (QED) is 0.757. The first kappa shape index (κ1) is 11.0. The maximum Gasteiger partial charge on any atom is 0.255 e. The van der Waals surface area contributed by atoms with Crippen LogP contribution in [0.2, 0.25) is 0 Å². The van der Waals surface area contributed by atoms with E-state index >= 15 is 0 Å². The van der Waals surface area contributed by atoms with Gasteiger partial charge >= 0.3 is 0 Å². The zero-order valence-corrected chi connectivity index (χ0v) is 9.21. The molecule has 1 unspecified atom stereocenters. The molecule has 0 spiro atoms. The maximum absolute atomic E-state index is 12.4. The van der Waals surface area contributed by atoms with Gasteiger partial charge in [-0.1, -0.05) is 18.2 Å². The summed E-state index contributed by atoms with van der Waals surface area (Å²) in [6.07, 6.45) is -2.49. The lowest BCUT2D eigenvalue weighted by Crippen LogP contribution is -2.31. The second kappa shape index (κ2) is 3.85. The molecule has 1 aliphatic rings. The van der Waals surface area contributed by atoms with Crippen molar-refractivity contribution < 1.29 is 13.6 Å². The normalized spacial score (nSPS) is 19.4. The summed E-state index contributed by atoms with van der Waals surface area (Å²) >= 11 is 0. The first-order chi connectivity index (χ1) is 7.52. The van der Waals surface area contributed by atoms with Crippen LogP contribution in [0.15, 0.2) is 18.2 Å². The third kappa shape index (κ3) is 1.58. The number of aryl methyl sites for hydroxylation is 1. The predicted molar refractivity (Wildman–Crippen MR) is 56.6 cm³/mol. The van der Waals surface area contributed by atoms with Crippen LogP contribution >= 0.6 is 0 Å². The Morgan fingerprint density at radius 3 is 2.69 bits per heavy atom. The van der Waals surface area contributed by atoms with E-state index in [0.29, 0.717) is 5.56 Å². The van der Waals surface area contributed by atoms with E-state index in [1.165, 1.54) is 4.90 Å². The highest BCUT2D eigenvalue weighted by atomic mass is 19.3. The molecule has 0 saturated carbocycles. The Kier molecular flexibility index (Phi) is 2.66. The Balaban J connectivity index is 2.40. The van der Waals surface area contributed by atoms with E-state index in [-0.39, 0.29) is 11.9 Å². The highest BCUT2D eigenvalue weighted by Gasteiger charge is 2.35. The van der Waals surface area contributed by atoms with E-state index in [9.17, 15) is 13.6 Å². The van der Waals surface area contributed by atoms with Gasteiger partial charge in [0.1, 0.15) is 0 Å². The number of benzene rings is 1.